The van der Waals surface area contributed by atoms with Gasteiger partial charge in [-0.2, -0.15) is 5.10 Å². The molecule has 17 heavy (non-hydrogen) atoms. The number of nitrogens with zero attached hydrogens (tertiary/aromatic N) is 2. The zero-order chi connectivity index (χ0) is 12.4. The molecule has 0 radical (unpaired) electrons. The van der Waals surface area contributed by atoms with Crippen LogP contribution in [0.4, 0.5) is 4.39 Å². The molecule has 0 atom stereocenters. The Labute approximate surface area is 101 Å². The van der Waals surface area contributed by atoms with E-state index in [4.69, 9.17) is 5.11 Å². The Bertz CT molecular complexity index is 568. The van der Waals surface area contributed by atoms with Gasteiger partial charge in [-0.05, 0) is 18.2 Å². The molecule has 1 aromatic heterocycles. The molecule has 2 rings (SSSR count). The monoisotopic (exact) mass is 252 g/mol. The van der Waals surface area contributed by atoms with Crippen LogP contribution in [-0.2, 0) is 7.05 Å². The first-order valence-electron chi connectivity index (χ1n) is 4.75. The number of halogens is 1. The molecule has 0 aliphatic heterocycles. The van der Waals surface area contributed by atoms with Gasteiger partial charge in [0.05, 0.1) is 16.7 Å². The Hall–Kier alpha value is -1.82. The normalized spacial score (nSPS) is 10.5. The van der Waals surface area contributed by atoms with E-state index in [1.54, 1.807) is 24.1 Å². The van der Waals surface area contributed by atoms with Crippen LogP contribution in [0.15, 0.2) is 40.4 Å². The van der Waals surface area contributed by atoms with Crippen molar-refractivity contribution in [1.82, 2.24) is 9.78 Å². The van der Waals surface area contributed by atoms with Gasteiger partial charge in [-0.15, -0.1) is 0 Å². The van der Waals surface area contributed by atoms with E-state index in [1.165, 1.54) is 23.9 Å². The van der Waals surface area contributed by atoms with Crippen LogP contribution >= 0.6 is 11.8 Å². The minimum atomic E-state index is -1.14. The van der Waals surface area contributed by atoms with Crippen LogP contribution in [0.25, 0.3) is 0 Å². The topological polar surface area (TPSA) is 55.1 Å². The average Bonchev–Trinajstić information content (AvgIpc) is 2.66. The summed E-state index contributed by atoms with van der Waals surface area (Å²) in [6, 6.07) is 3.71. The molecule has 0 bridgehead atoms. The Morgan fingerprint density at radius 3 is 2.88 bits per heavy atom. The van der Waals surface area contributed by atoms with Crippen LogP contribution < -0.4 is 0 Å². The summed E-state index contributed by atoms with van der Waals surface area (Å²) in [6.45, 7) is 0. The van der Waals surface area contributed by atoms with Gasteiger partial charge >= 0.3 is 5.97 Å². The first-order valence-corrected chi connectivity index (χ1v) is 5.57. The lowest BCUT2D eigenvalue weighted by atomic mass is 10.2. The predicted octanol–water partition coefficient (Wildman–Crippen LogP) is 2.41. The van der Waals surface area contributed by atoms with Gasteiger partial charge in [0.15, 0.2) is 0 Å². The number of aryl methyl sites for hydroxylation is 1. The molecule has 88 valence electrons. The second kappa shape index (κ2) is 4.58. The van der Waals surface area contributed by atoms with Crippen LogP contribution in [0.2, 0.25) is 0 Å². The molecule has 0 saturated carbocycles. The summed E-state index contributed by atoms with van der Waals surface area (Å²) in [5.74, 6) is -1.70. The summed E-state index contributed by atoms with van der Waals surface area (Å²) in [4.78, 5) is 12.3. The smallest absolute Gasteiger partial charge is 0.336 e. The van der Waals surface area contributed by atoms with Gasteiger partial charge in [0.1, 0.15) is 5.82 Å². The summed E-state index contributed by atoms with van der Waals surface area (Å²) < 4.78 is 14.6. The number of hydrogen-bond donors (Lipinski definition) is 1. The maximum atomic E-state index is 13.0. The molecule has 1 N–H and O–H groups in total. The number of benzene rings is 1. The number of aromatic nitrogens is 2. The molecular weight excluding hydrogens is 243 g/mol. The van der Waals surface area contributed by atoms with Crippen molar-refractivity contribution >= 4 is 17.7 Å². The lowest BCUT2D eigenvalue weighted by Crippen LogP contribution is -1.99. The standard InChI is InChI=1S/C11H9FN2O2S/c1-14-6-8(5-13-14)17-10-3-2-7(12)4-9(10)11(15)16/h2-6H,1H3,(H,15,16). The van der Waals surface area contributed by atoms with E-state index in [9.17, 15) is 9.18 Å². The van der Waals surface area contributed by atoms with E-state index in [1.807, 2.05) is 0 Å². The predicted molar refractivity (Wildman–Crippen MR) is 60.7 cm³/mol. The van der Waals surface area contributed by atoms with Gasteiger partial charge in [0.2, 0.25) is 0 Å². The number of carboxylic acid groups (broad SMARTS) is 1. The fourth-order valence-electron chi connectivity index (χ4n) is 1.34. The van der Waals surface area contributed by atoms with Crippen molar-refractivity contribution in [3.8, 4) is 0 Å². The highest BCUT2D eigenvalue weighted by Crippen LogP contribution is 2.30. The Balaban J connectivity index is 2.35. The van der Waals surface area contributed by atoms with E-state index < -0.39 is 11.8 Å². The minimum Gasteiger partial charge on any atom is -0.478 e. The summed E-state index contributed by atoms with van der Waals surface area (Å²) in [5.41, 5.74) is -0.0427. The highest BCUT2D eigenvalue weighted by atomic mass is 32.2. The number of hydrogen-bond acceptors (Lipinski definition) is 3. The fourth-order valence-corrected chi connectivity index (χ4v) is 2.29. The maximum absolute atomic E-state index is 13.0. The van der Waals surface area contributed by atoms with Gasteiger partial charge in [-0.3, -0.25) is 4.68 Å². The number of carbonyl (C=O) groups is 1. The summed E-state index contributed by atoms with van der Waals surface area (Å²) in [7, 11) is 1.77. The highest BCUT2D eigenvalue weighted by molar-refractivity contribution is 7.99. The molecule has 0 aliphatic rings. The van der Waals surface area contributed by atoms with Crippen molar-refractivity contribution in [3.05, 3.63) is 42.0 Å². The Morgan fingerprint density at radius 1 is 1.53 bits per heavy atom. The van der Waals surface area contributed by atoms with E-state index >= 15 is 0 Å². The third kappa shape index (κ3) is 2.65. The molecule has 1 aromatic carbocycles. The van der Waals surface area contributed by atoms with Crippen LogP contribution in [0, 0.1) is 5.82 Å². The van der Waals surface area contributed by atoms with Crippen molar-refractivity contribution in [2.24, 2.45) is 7.05 Å². The van der Waals surface area contributed by atoms with Gasteiger partial charge in [-0.25, -0.2) is 9.18 Å². The Kier molecular flexibility index (Phi) is 3.14. The summed E-state index contributed by atoms with van der Waals surface area (Å²) >= 11 is 1.24. The molecule has 0 spiro atoms. The van der Waals surface area contributed by atoms with Crippen LogP contribution in [0.1, 0.15) is 10.4 Å². The highest BCUT2D eigenvalue weighted by Gasteiger charge is 2.12. The van der Waals surface area contributed by atoms with Gasteiger partial charge in [-0.1, -0.05) is 11.8 Å². The van der Waals surface area contributed by atoms with Crippen molar-refractivity contribution < 1.29 is 14.3 Å². The summed E-state index contributed by atoms with van der Waals surface area (Å²) in [5, 5.41) is 13.0. The molecule has 0 amide bonds. The molecule has 1 heterocycles. The van der Waals surface area contributed by atoms with Crippen molar-refractivity contribution in [2.45, 2.75) is 9.79 Å². The van der Waals surface area contributed by atoms with Crippen LogP contribution in [0.3, 0.4) is 0 Å². The largest absolute Gasteiger partial charge is 0.478 e. The third-order valence-corrected chi connectivity index (χ3v) is 3.10. The van der Waals surface area contributed by atoms with E-state index in [0.717, 1.165) is 11.0 Å². The minimum absolute atomic E-state index is 0.0427. The second-order valence-electron chi connectivity index (χ2n) is 3.40. The number of aromatic carboxylic acids is 1. The van der Waals surface area contributed by atoms with Gasteiger partial charge in [0, 0.05) is 18.1 Å². The number of rotatable bonds is 3. The van der Waals surface area contributed by atoms with E-state index in [-0.39, 0.29) is 5.56 Å². The molecular formula is C11H9FN2O2S. The molecule has 2 aromatic rings. The average molecular weight is 252 g/mol. The van der Waals surface area contributed by atoms with Crippen molar-refractivity contribution in [3.63, 3.8) is 0 Å². The van der Waals surface area contributed by atoms with Crippen LogP contribution in [-0.4, -0.2) is 20.9 Å². The molecule has 0 saturated heterocycles. The molecule has 0 aliphatic carbocycles. The molecule has 0 fully saturated rings. The lowest BCUT2D eigenvalue weighted by molar-refractivity contribution is 0.0692. The molecule has 0 unspecified atom stereocenters. The second-order valence-corrected chi connectivity index (χ2v) is 4.51. The van der Waals surface area contributed by atoms with E-state index in [0.29, 0.717) is 4.90 Å². The molecule has 4 nitrogen and oxygen atoms in total. The zero-order valence-electron chi connectivity index (χ0n) is 8.92. The van der Waals surface area contributed by atoms with Gasteiger partial charge < -0.3 is 5.11 Å². The quantitative estimate of drug-likeness (QED) is 0.911. The maximum Gasteiger partial charge on any atom is 0.336 e. The zero-order valence-corrected chi connectivity index (χ0v) is 9.74. The first kappa shape index (κ1) is 11.7. The SMILES string of the molecule is Cn1cc(Sc2ccc(F)cc2C(=O)O)cn1. The Morgan fingerprint density at radius 2 is 2.29 bits per heavy atom. The van der Waals surface area contributed by atoms with Crippen molar-refractivity contribution in [1.29, 1.82) is 0 Å². The first-order chi connectivity index (χ1) is 8.06. The lowest BCUT2D eigenvalue weighted by Gasteiger charge is -2.03. The fraction of sp³-hybridized carbons (Fsp3) is 0.0909. The van der Waals surface area contributed by atoms with Gasteiger partial charge in [0.25, 0.3) is 0 Å². The van der Waals surface area contributed by atoms with Crippen LogP contribution in [0.5, 0.6) is 0 Å². The van der Waals surface area contributed by atoms with E-state index in [2.05, 4.69) is 5.10 Å². The molecule has 6 heteroatoms. The summed E-state index contributed by atoms with van der Waals surface area (Å²) in [6.07, 6.45) is 3.39. The van der Waals surface area contributed by atoms with Crippen molar-refractivity contribution in [2.75, 3.05) is 0 Å². The number of carboxylic acids is 1. The third-order valence-electron chi connectivity index (χ3n) is 2.08.